The highest BCUT2D eigenvalue weighted by Gasteiger charge is 2.19. The molecule has 7 heteroatoms. The molecule has 308 valence electrons. The molecule has 0 aliphatic carbocycles. The minimum absolute atomic E-state index is 0.00110. The van der Waals surface area contributed by atoms with Gasteiger partial charge in [0.2, 0.25) is 0 Å². The second-order valence-corrected chi connectivity index (χ2v) is 17.8. The van der Waals surface area contributed by atoms with Crippen molar-refractivity contribution in [3.05, 3.63) is 0 Å². The molecule has 0 aromatic carbocycles. The van der Waals surface area contributed by atoms with Crippen LogP contribution in [0.5, 0.6) is 0 Å². The van der Waals surface area contributed by atoms with Crippen LogP contribution in [-0.4, -0.2) is 53.4 Å². The van der Waals surface area contributed by atoms with Gasteiger partial charge in [0.15, 0.2) is 0 Å². The average molecular weight is 771 g/mol. The largest absolute Gasteiger partial charge is 0.466 e. The molecule has 0 aliphatic heterocycles. The average Bonchev–Trinajstić information content (AvgIpc) is 3.14. The first-order valence-electron chi connectivity index (χ1n) is 22.5. The molecule has 0 saturated heterocycles. The van der Waals surface area contributed by atoms with Crippen molar-refractivity contribution >= 4 is 41.2 Å². The molecule has 0 aromatic heterocycles. The number of hydrogen-bond donors (Lipinski definition) is 0. The van der Waals surface area contributed by atoms with Gasteiger partial charge < -0.3 is 9.47 Å². The van der Waals surface area contributed by atoms with Gasteiger partial charge in [0.25, 0.3) is 0 Å². The van der Waals surface area contributed by atoms with Crippen LogP contribution in [0.15, 0.2) is 0 Å². The minimum atomic E-state index is -0.0610. The summed E-state index contributed by atoms with van der Waals surface area (Å²) in [5.41, 5.74) is 0. The first-order valence-corrected chi connectivity index (χ1v) is 24.7. The number of ketones is 1. The van der Waals surface area contributed by atoms with E-state index in [1.165, 1.54) is 121 Å². The third-order valence-corrected chi connectivity index (χ3v) is 12.8. The molecule has 0 aromatic rings. The molecular weight excluding hydrogens is 685 g/mol. The van der Waals surface area contributed by atoms with Gasteiger partial charge in [-0.2, -0.15) is 23.5 Å². The zero-order valence-corrected chi connectivity index (χ0v) is 36.6. The lowest BCUT2D eigenvalue weighted by atomic mass is 9.94. The van der Waals surface area contributed by atoms with Crippen molar-refractivity contribution in [3.8, 4) is 0 Å². The Hall–Kier alpha value is -0.690. The standard InChI is InChI=1S/C45H86O5S2/c1-5-9-13-17-18-24-32-41(31-23-16-12-8-4)45(48)50-36-28-22-26-34-42(46)33-25-21-27-35-49-44(47)39-43(52-38-30-20-15-11-7-3)40-51-37-29-19-14-10-6-2/h41,43H,5-40H2,1-4H3. The van der Waals surface area contributed by atoms with Gasteiger partial charge in [-0.3, -0.25) is 14.4 Å². The van der Waals surface area contributed by atoms with E-state index in [0.717, 1.165) is 75.7 Å². The molecule has 0 aliphatic rings. The Morgan fingerprint density at radius 2 is 0.923 bits per heavy atom. The Morgan fingerprint density at radius 1 is 0.481 bits per heavy atom. The van der Waals surface area contributed by atoms with Crippen molar-refractivity contribution < 1.29 is 23.9 Å². The molecule has 0 spiro atoms. The quantitative estimate of drug-likeness (QED) is 0.0452. The van der Waals surface area contributed by atoms with Crippen molar-refractivity contribution in [2.24, 2.45) is 5.92 Å². The third-order valence-electron chi connectivity index (χ3n) is 10.0. The smallest absolute Gasteiger partial charge is 0.308 e. The van der Waals surface area contributed by atoms with Crippen LogP contribution in [0.2, 0.25) is 0 Å². The lowest BCUT2D eigenvalue weighted by Crippen LogP contribution is -2.18. The molecule has 5 nitrogen and oxygen atoms in total. The highest BCUT2D eigenvalue weighted by atomic mass is 32.2. The molecule has 0 bridgehead atoms. The van der Waals surface area contributed by atoms with E-state index >= 15 is 0 Å². The molecule has 2 atom stereocenters. The molecule has 0 radical (unpaired) electrons. The van der Waals surface area contributed by atoms with Crippen LogP contribution >= 0.6 is 23.5 Å². The Balaban J connectivity index is 4.11. The molecule has 0 fully saturated rings. The van der Waals surface area contributed by atoms with Crippen molar-refractivity contribution in [2.75, 3.05) is 30.5 Å². The maximum atomic E-state index is 12.8. The van der Waals surface area contributed by atoms with Crippen LogP contribution in [0.4, 0.5) is 0 Å². The van der Waals surface area contributed by atoms with E-state index in [2.05, 4.69) is 27.7 Å². The number of thioether (sulfide) groups is 2. The lowest BCUT2D eigenvalue weighted by molar-refractivity contribution is -0.149. The summed E-state index contributed by atoms with van der Waals surface area (Å²) in [5.74, 6) is 3.68. The Bertz CT molecular complexity index is 792. The molecule has 0 rings (SSSR count). The summed E-state index contributed by atoms with van der Waals surface area (Å²) >= 11 is 3.98. The summed E-state index contributed by atoms with van der Waals surface area (Å²) in [6.07, 6.45) is 34.1. The summed E-state index contributed by atoms with van der Waals surface area (Å²) < 4.78 is 11.3. The van der Waals surface area contributed by atoms with Crippen LogP contribution in [0, 0.1) is 5.92 Å². The van der Waals surface area contributed by atoms with Crippen LogP contribution in [0.25, 0.3) is 0 Å². The summed E-state index contributed by atoms with van der Waals surface area (Å²) in [6.45, 7) is 9.92. The van der Waals surface area contributed by atoms with Gasteiger partial charge in [0, 0.05) is 23.8 Å². The van der Waals surface area contributed by atoms with Crippen LogP contribution in [0.1, 0.15) is 227 Å². The molecule has 0 saturated carbocycles. The van der Waals surface area contributed by atoms with E-state index in [4.69, 9.17) is 9.47 Å². The van der Waals surface area contributed by atoms with Gasteiger partial charge in [0.05, 0.1) is 25.6 Å². The van der Waals surface area contributed by atoms with Crippen LogP contribution in [-0.2, 0) is 23.9 Å². The van der Waals surface area contributed by atoms with Crippen molar-refractivity contribution in [2.45, 2.75) is 232 Å². The van der Waals surface area contributed by atoms with Crippen molar-refractivity contribution in [3.63, 3.8) is 0 Å². The fourth-order valence-electron chi connectivity index (χ4n) is 6.56. The third kappa shape index (κ3) is 36.3. The fourth-order valence-corrected chi connectivity index (χ4v) is 9.15. The SMILES string of the molecule is CCCCCCCCC(CCCCCC)C(=O)OCCCCCC(=O)CCCCCOC(=O)CC(CSCCCCCCC)SCCCCCCC. The number of Topliss-reactive ketones (excluding diaryl/α,β-unsaturated/α-hetero) is 1. The van der Waals surface area contributed by atoms with Gasteiger partial charge >= 0.3 is 11.9 Å². The van der Waals surface area contributed by atoms with E-state index in [9.17, 15) is 14.4 Å². The molecule has 0 amide bonds. The second-order valence-electron chi connectivity index (χ2n) is 15.3. The number of esters is 2. The summed E-state index contributed by atoms with van der Waals surface area (Å²) in [5, 5.41) is 0.344. The molecule has 0 heterocycles. The highest BCUT2D eigenvalue weighted by Crippen LogP contribution is 2.24. The fraction of sp³-hybridized carbons (Fsp3) is 0.933. The highest BCUT2D eigenvalue weighted by molar-refractivity contribution is 8.03. The monoisotopic (exact) mass is 771 g/mol. The van der Waals surface area contributed by atoms with Gasteiger partial charge in [-0.15, -0.1) is 0 Å². The Labute approximate surface area is 332 Å². The number of ether oxygens (including phenoxy) is 2. The molecule has 52 heavy (non-hydrogen) atoms. The topological polar surface area (TPSA) is 69.7 Å². The van der Waals surface area contributed by atoms with Crippen LogP contribution < -0.4 is 0 Å². The maximum Gasteiger partial charge on any atom is 0.308 e. The predicted molar refractivity (Wildman–Crippen MR) is 230 cm³/mol. The van der Waals surface area contributed by atoms with Crippen LogP contribution in [0.3, 0.4) is 0 Å². The Kier molecular flexibility index (Phi) is 40.9. The minimum Gasteiger partial charge on any atom is -0.466 e. The van der Waals surface area contributed by atoms with E-state index in [1.54, 1.807) is 0 Å². The van der Waals surface area contributed by atoms with E-state index in [-0.39, 0.29) is 17.9 Å². The molecule has 2 unspecified atom stereocenters. The summed E-state index contributed by atoms with van der Waals surface area (Å²) in [4.78, 5) is 37.9. The second kappa shape index (κ2) is 41.5. The number of carbonyl (C=O) groups is 3. The molecular formula is C45H86O5S2. The summed E-state index contributed by atoms with van der Waals surface area (Å²) in [7, 11) is 0. The first-order chi connectivity index (χ1) is 25.5. The summed E-state index contributed by atoms with van der Waals surface area (Å²) in [6, 6.07) is 0. The van der Waals surface area contributed by atoms with Crippen molar-refractivity contribution in [1.82, 2.24) is 0 Å². The zero-order valence-electron chi connectivity index (χ0n) is 35.0. The van der Waals surface area contributed by atoms with Gasteiger partial charge in [-0.25, -0.2) is 0 Å². The van der Waals surface area contributed by atoms with E-state index < -0.39 is 0 Å². The number of unbranched alkanes of at least 4 members (excludes halogenated alkanes) is 20. The van der Waals surface area contributed by atoms with Crippen molar-refractivity contribution in [1.29, 1.82) is 0 Å². The number of carbonyl (C=O) groups excluding carboxylic acids is 3. The van der Waals surface area contributed by atoms with Gasteiger partial charge in [0.1, 0.15) is 5.78 Å². The normalized spacial score (nSPS) is 12.5. The first kappa shape index (κ1) is 51.3. The van der Waals surface area contributed by atoms with E-state index in [1.807, 2.05) is 23.5 Å². The van der Waals surface area contributed by atoms with Gasteiger partial charge in [-0.1, -0.05) is 143 Å². The Morgan fingerprint density at radius 3 is 1.48 bits per heavy atom. The lowest BCUT2D eigenvalue weighted by Gasteiger charge is -2.16. The zero-order chi connectivity index (χ0) is 38.2. The maximum absolute atomic E-state index is 12.8. The van der Waals surface area contributed by atoms with Gasteiger partial charge in [-0.05, 0) is 75.7 Å². The van der Waals surface area contributed by atoms with E-state index in [0.29, 0.717) is 43.5 Å². The number of hydrogen-bond acceptors (Lipinski definition) is 7. The molecule has 0 N–H and O–H groups in total. The predicted octanol–water partition coefficient (Wildman–Crippen LogP) is 14.3. The number of rotatable bonds is 42.